The van der Waals surface area contributed by atoms with Crippen LogP contribution >= 0.6 is 0 Å². The number of ketones is 1. The molecule has 5 nitrogen and oxygen atoms in total. The summed E-state index contributed by atoms with van der Waals surface area (Å²) in [6, 6.07) is 3.88. The van der Waals surface area contributed by atoms with Crippen LogP contribution in [0.3, 0.4) is 0 Å². The second-order valence-electron chi connectivity index (χ2n) is 8.12. The molecule has 0 saturated carbocycles. The van der Waals surface area contributed by atoms with Gasteiger partial charge in [0.1, 0.15) is 6.04 Å². The van der Waals surface area contributed by atoms with Crippen molar-refractivity contribution in [1.29, 1.82) is 0 Å². The average Bonchev–Trinajstić information content (AvgIpc) is 2.92. The van der Waals surface area contributed by atoms with E-state index in [1.165, 1.54) is 5.56 Å². The predicted octanol–water partition coefficient (Wildman–Crippen LogP) is 1.32. The third-order valence-electron chi connectivity index (χ3n) is 6.98. The lowest BCUT2D eigenvalue weighted by Crippen LogP contribution is -2.79. The molecule has 5 heteroatoms. The van der Waals surface area contributed by atoms with Crippen LogP contribution in [0.25, 0.3) is 0 Å². The van der Waals surface area contributed by atoms with E-state index in [1.807, 2.05) is 12.1 Å². The molecule has 4 atom stereocenters. The maximum atomic E-state index is 12.7. The summed E-state index contributed by atoms with van der Waals surface area (Å²) >= 11 is 0. The molecule has 0 radical (unpaired) electrons. The van der Waals surface area contributed by atoms with Crippen molar-refractivity contribution in [2.75, 3.05) is 27.7 Å². The lowest BCUT2D eigenvalue weighted by molar-refractivity contribution is -0.930. The molecule has 1 N–H and O–H groups in total. The summed E-state index contributed by atoms with van der Waals surface area (Å²) in [6.07, 6.45) is 4.64. The molecule has 1 saturated heterocycles. The zero-order chi connectivity index (χ0) is 16.9. The number of piperidine rings is 1. The van der Waals surface area contributed by atoms with Crippen molar-refractivity contribution in [2.45, 2.75) is 36.0 Å². The third-order valence-corrected chi connectivity index (χ3v) is 6.98. The minimum atomic E-state index is -0.604. The Morgan fingerprint density at radius 1 is 1.38 bits per heavy atom. The van der Waals surface area contributed by atoms with E-state index in [0.717, 1.165) is 29.4 Å². The van der Waals surface area contributed by atoms with Gasteiger partial charge < -0.3 is 19.1 Å². The average molecular weight is 328 g/mol. The highest BCUT2D eigenvalue weighted by atomic mass is 16.5. The molecule has 5 rings (SSSR count). The number of aromatic hydroxyl groups is 1. The number of hydrogen-bond acceptors (Lipinski definition) is 4. The Hall–Kier alpha value is -1.85. The zero-order valence-corrected chi connectivity index (χ0v) is 14.2. The number of nitrogens with zero attached hydrogens (tertiary/aromatic N) is 1. The van der Waals surface area contributed by atoms with Crippen LogP contribution in [0.4, 0.5) is 0 Å². The third kappa shape index (κ3) is 1.27. The first kappa shape index (κ1) is 14.5. The summed E-state index contributed by atoms with van der Waals surface area (Å²) in [4.78, 5) is 12.7. The normalized spacial score (nSPS) is 40.2. The Morgan fingerprint density at radius 2 is 2.17 bits per heavy atom. The van der Waals surface area contributed by atoms with Gasteiger partial charge in [-0.15, -0.1) is 0 Å². The second-order valence-corrected chi connectivity index (χ2v) is 8.12. The Kier molecular flexibility index (Phi) is 2.43. The Balaban J connectivity index is 1.92. The number of quaternary nitrogens is 1. The first-order chi connectivity index (χ1) is 11.4. The Labute approximate surface area is 141 Å². The van der Waals surface area contributed by atoms with Gasteiger partial charge in [-0.2, -0.15) is 0 Å². The van der Waals surface area contributed by atoms with Gasteiger partial charge in [0, 0.05) is 25.5 Å². The van der Waals surface area contributed by atoms with Gasteiger partial charge in [0.05, 0.1) is 26.1 Å². The van der Waals surface area contributed by atoms with Crippen molar-refractivity contribution < 1.29 is 23.9 Å². The first-order valence-electron chi connectivity index (χ1n) is 8.50. The van der Waals surface area contributed by atoms with Gasteiger partial charge in [0.2, 0.25) is 0 Å². The Morgan fingerprint density at radius 3 is 2.92 bits per heavy atom. The number of likely N-dealkylation sites (tertiary alicyclic amines) is 1. The lowest BCUT2D eigenvalue weighted by Gasteiger charge is -2.63. The van der Waals surface area contributed by atoms with Crippen LogP contribution in [0.1, 0.15) is 17.5 Å². The summed E-state index contributed by atoms with van der Waals surface area (Å²) < 4.78 is 13.1. The standard InChI is InChI=1S/C19H21NO4/c1-20(2)9-8-18-15-11-4-5-12(21)16(15)24-17(18)13(22)6-7-19(18,23-3)14(20)10-11/h4-7,14,17H,8-10H2,1-3H3/p+1. The molecular formula is C19H22NO4+. The van der Waals surface area contributed by atoms with Gasteiger partial charge in [-0.25, -0.2) is 0 Å². The molecule has 2 heterocycles. The number of methoxy groups -OCH3 is 1. The van der Waals surface area contributed by atoms with Crippen LogP contribution < -0.4 is 4.74 Å². The maximum absolute atomic E-state index is 12.7. The molecule has 2 aliphatic carbocycles. The summed E-state index contributed by atoms with van der Waals surface area (Å²) in [6.45, 7) is 0.950. The van der Waals surface area contributed by atoms with Crippen LogP contribution in [0.2, 0.25) is 0 Å². The molecule has 0 aromatic heterocycles. The number of phenols is 1. The van der Waals surface area contributed by atoms with E-state index < -0.39 is 17.1 Å². The number of benzene rings is 1. The molecule has 126 valence electrons. The van der Waals surface area contributed by atoms with Crippen molar-refractivity contribution in [3.8, 4) is 11.5 Å². The molecular weight excluding hydrogens is 306 g/mol. The van der Waals surface area contributed by atoms with E-state index in [-0.39, 0.29) is 17.6 Å². The molecule has 4 unspecified atom stereocenters. The fourth-order valence-electron chi connectivity index (χ4n) is 5.88. The molecule has 1 aromatic rings. The quantitative estimate of drug-likeness (QED) is 0.790. The minimum Gasteiger partial charge on any atom is -0.504 e. The van der Waals surface area contributed by atoms with Gasteiger partial charge in [-0.1, -0.05) is 6.07 Å². The molecule has 0 amide bonds. The lowest BCUT2D eigenvalue weighted by atomic mass is 9.50. The van der Waals surface area contributed by atoms with Crippen LogP contribution in [-0.2, 0) is 21.4 Å². The van der Waals surface area contributed by atoms with E-state index in [2.05, 4.69) is 14.1 Å². The Bertz CT molecular complexity index is 814. The van der Waals surface area contributed by atoms with Crippen molar-refractivity contribution in [1.82, 2.24) is 0 Å². The summed E-state index contributed by atoms with van der Waals surface area (Å²) in [5.41, 5.74) is 1.06. The smallest absolute Gasteiger partial charge is 0.197 e. The van der Waals surface area contributed by atoms with E-state index in [4.69, 9.17) is 9.47 Å². The van der Waals surface area contributed by atoms with Gasteiger partial charge in [-0.05, 0) is 23.8 Å². The van der Waals surface area contributed by atoms with Crippen molar-refractivity contribution in [2.24, 2.45) is 0 Å². The molecule has 2 aliphatic heterocycles. The van der Waals surface area contributed by atoms with Crippen LogP contribution in [0.15, 0.2) is 24.3 Å². The highest BCUT2D eigenvalue weighted by Crippen LogP contribution is 2.65. The van der Waals surface area contributed by atoms with Crippen LogP contribution in [0, 0.1) is 0 Å². The van der Waals surface area contributed by atoms with Gasteiger partial charge >= 0.3 is 0 Å². The topological polar surface area (TPSA) is 55.8 Å². The number of rotatable bonds is 1. The number of phenolic OH excluding ortho intramolecular Hbond substituents is 1. The van der Waals surface area contributed by atoms with Crippen LogP contribution in [-0.4, -0.2) is 60.9 Å². The first-order valence-corrected chi connectivity index (χ1v) is 8.50. The van der Waals surface area contributed by atoms with E-state index >= 15 is 0 Å². The van der Waals surface area contributed by atoms with Crippen molar-refractivity contribution >= 4 is 5.78 Å². The molecule has 2 bridgehead atoms. The van der Waals surface area contributed by atoms with Gasteiger partial charge in [0.25, 0.3) is 0 Å². The molecule has 24 heavy (non-hydrogen) atoms. The molecule has 1 aromatic carbocycles. The highest BCUT2D eigenvalue weighted by Gasteiger charge is 2.75. The molecule has 4 aliphatic rings. The predicted molar refractivity (Wildman–Crippen MR) is 87.2 cm³/mol. The van der Waals surface area contributed by atoms with Crippen molar-refractivity contribution in [3.63, 3.8) is 0 Å². The monoisotopic (exact) mass is 328 g/mol. The number of carbonyl (C=O) groups is 1. The summed E-state index contributed by atoms with van der Waals surface area (Å²) in [5, 5.41) is 10.4. The number of carbonyl (C=O) groups excluding carboxylic acids is 1. The number of likely N-dealkylation sites (N-methyl/N-ethyl adjacent to an activating group) is 1. The fraction of sp³-hybridized carbons (Fsp3) is 0.526. The van der Waals surface area contributed by atoms with Gasteiger partial charge in [0.15, 0.2) is 29.0 Å². The minimum absolute atomic E-state index is 0.0305. The molecule has 1 spiro atoms. The van der Waals surface area contributed by atoms with E-state index in [1.54, 1.807) is 19.3 Å². The van der Waals surface area contributed by atoms with E-state index in [9.17, 15) is 9.90 Å². The SMILES string of the molecule is COC12C=CC(=O)C3Oc4c(O)ccc5c4C31CC[N+](C)(C)C2C5. The van der Waals surface area contributed by atoms with Gasteiger partial charge in [-0.3, -0.25) is 4.79 Å². The van der Waals surface area contributed by atoms with Crippen molar-refractivity contribution in [3.05, 3.63) is 35.4 Å². The fourth-order valence-corrected chi connectivity index (χ4v) is 5.88. The number of ether oxygens (including phenoxy) is 2. The largest absolute Gasteiger partial charge is 0.504 e. The molecule has 1 fully saturated rings. The highest BCUT2D eigenvalue weighted by molar-refractivity contribution is 5.99. The number of hydrogen-bond donors (Lipinski definition) is 1. The second kappa shape index (κ2) is 4.03. The zero-order valence-electron chi connectivity index (χ0n) is 14.2. The van der Waals surface area contributed by atoms with E-state index in [0.29, 0.717) is 5.75 Å². The summed E-state index contributed by atoms with van der Waals surface area (Å²) in [7, 11) is 6.21. The maximum Gasteiger partial charge on any atom is 0.197 e. The van der Waals surface area contributed by atoms with Crippen LogP contribution in [0.5, 0.6) is 11.5 Å². The summed E-state index contributed by atoms with van der Waals surface area (Å²) in [5.74, 6) is 0.576.